The van der Waals surface area contributed by atoms with Crippen molar-refractivity contribution in [1.29, 1.82) is 0 Å². The van der Waals surface area contributed by atoms with Crippen LogP contribution in [0.5, 0.6) is 0 Å². The van der Waals surface area contributed by atoms with Crippen LogP contribution in [-0.4, -0.2) is 48.8 Å². The molecule has 1 aromatic carbocycles. The van der Waals surface area contributed by atoms with Crippen molar-refractivity contribution in [2.24, 2.45) is 0 Å². The topological polar surface area (TPSA) is 49.8 Å². The van der Waals surface area contributed by atoms with E-state index in [1.54, 1.807) is 19.2 Å². The maximum Gasteiger partial charge on any atom is 0.335 e. The van der Waals surface area contributed by atoms with Gasteiger partial charge in [0.15, 0.2) is 0 Å². The molecule has 1 rings (SSSR count). The molecule has 106 valence electrons. The Morgan fingerprint density at radius 2 is 2.00 bits per heavy atom. The van der Waals surface area contributed by atoms with Gasteiger partial charge in [0.1, 0.15) is 0 Å². The molecule has 0 radical (unpaired) electrons. The minimum absolute atomic E-state index is 0.153. The fourth-order valence-electron chi connectivity index (χ4n) is 2.00. The van der Waals surface area contributed by atoms with Gasteiger partial charge in [-0.25, -0.2) is 4.79 Å². The van der Waals surface area contributed by atoms with Crippen LogP contribution in [0.3, 0.4) is 0 Å². The van der Waals surface area contributed by atoms with Crippen molar-refractivity contribution < 1.29 is 14.6 Å². The Bertz CT molecular complexity index is 420. The van der Waals surface area contributed by atoms with Gasteiger partial charge in [-0.05, 0) is 38.9 Å². The van der Waals surface area contributed by atoms with Gasteiger partial charge in [-0.2, -0.15) is 0 Å². The van der Waals surface area contributed by atoms with Crippen LogP contribution in [0.15, 0.2) is 24.3 Å². The Balaban J connectivity index is 2.64. The molecule has 0 aromatic heterocycles. The fraction of sp³-hybridized carbons (Fsp3) is 0.533. The summed E-state index contributed by atoms with van der Waals surface area (Å²) in [5.74, 6) is -0.864. The van der Waals surface area contributed by atoms with Crippen LogP contribution in [0.4, 0.5) is 0 Å². The predicted molar refractivity (Wildman–Crippen MR) is 75.7 cm³/mol. The molecule has 0 aliphatic rings. The lowest BCUT2D eigenvalue weighted by Gasteiger charge is -2.29. The molecule has 0 spiro atoms. The zero-order valence-corrected chi connectivity index (χ0v) is 12.1. The van der Waals surface area contributed by atoms with E-state index in [2.05, 4.69) is 11.8 Å². The lowest BCUT2D eigenvalue weighted by Crippen LogP contribution is -2.39. The predicted octanol–water partition coefficient (Wildman–Crippen LogP) is 2.28. The van der Waals surface area contributed by atoms with Crippen molar-refractivity contribution >= 4 is 5.97 Å². The molecule has 19 heavy (non-hydrogen) atoms. The molecule has 2 atom stereocenters. The third kappa shape index (κ3) is 4.33. The van der Waals surface area contributed by atoms with Gasteiger partial charge in [-0.3, -0.25) is 0 Å². The van der Waals surface area contributed by atoms with Crippen LogP contribution in [0, 0.1) is 0 Å². The summed E-state index contributed by atoms with van der Waals surface area (Å²) in [6.45, 7) is 4.95. The van der Waals surface area contributed by atoms with Gasteiger partial charge in [-0.15, -0.1) is 0 Å². The Labute approximate surface area is 115 Å². The highest BCUT2D eigenvalue weighted by Gasteiger charge is 2.17. The number of hydrogen-bond donors (Lipinski definition) is 1. The first-order valence-electron chi connectivity index (χ1n) is 6.51. The highest BCUT2D eigenvalue weighted by atomic mass is 16.5. The van der Waals surface area contributed by atoms with Gasteiger partial charge in [0, 0.05) is 19.7 Å². The Morgan fingerprint density at radius 3 is 2.58 bits per heavy atom. The minimum Gasteiger partial charge on any atom is -0.478 e. The first-order chi connectivity index (χ1) is 8.97. The number of carbonyl (C=O) groups is 1. The molecule has 0 fully saturated rings. The summed E-state index contributed by atoms with van der Waals surface area (Å²) < 4.78 is 5.31. The number of nitrogens with zero attached hydrogens (tertiary/aromatic N) is 1. The standard InChI is InChI=1S/C15H23NO3/c1-11(12(2)19-4)16(3)10-9-13-7-5-6-8-14(13)15(17)18/h5-8,11-12H,9-10H2,1-4H3,(H,17,18). The highest BCUT2D eigenvalue weighted by Crippen LogP contribution is 2.12. The second-order valence-electron chi connectivity index (χ2n) is 4.87. The van der Waals surface area contributed by atoms with E-state index in [9.17, 15) is 4.79 Å². The Morgan fingerprint density at radius 1 is 1.37 bits per heavy atom. The van der Waals surface area contributed by atoms with Crippen molar-refractivity contribution in [3.05, 3.63) is 35.4 Å². The normalized spacial score (nSPS) is 14.4. The molecular weight excluding hydrogens is 242 g/mol. The Hall–Kier alpha value is -1.39. The number of methoxy groups -OCH3 is 1. The molecule has 1 N–H and O–H groups in total. The molecule has 4 heteroatoms. The van der Waals surface area contributed by atoms with Gasteiger partial charge in [0.2, 0.25) is 0 Å². The van der Waals surface area contributed by atoms with E-state index >= 15 is 0 Å². The number of hydrogen-bond acceptors (Lipinski definition) is 3. The summed E-state index contributed by atoms with van der Waals surface area (Å²) in [6.07, 6.45) is 0.874. The molecule has 0 amide bonds. The molecule has 0 aliphatic heterocycles. The number of carboxylic acid groups (broad SMARTS) is 1. The fourth-order valence-corrected chi connectivity index (χ4v) is 2.00. The van der Waals surface area contributed by atoms with Gasteiger partial charge >= 0.3 is 5.97 Å². The van der Waals surface area contributed by atoms with E-state index in [-0.39, 0.29) is 6.10 Å². The molecule has 1 aromatic rings. The lowest BCUT2D eigenvalue weighted by atomic mass is 10.0. The molecule has 0 aliphatic carbocycles. The average molecular weight is 265 g/mol. The van der Waals surface area contributed by atoms with Crippen LogP contribution in [-0.2, 0) is 11.2 Å². The van der Waals surface area contributed by atoms with E-state index in [1.165, 1.54) is 0 Å². The van der Waals surface area contributed by atoms with Gasteiger partial charge in [-0.1, -0.05) is 18.2 Å². The third-order valence-corrected chi connectivity index (χ3v) is 3.73. The summed E-state index contributed by atoms with van der Waals surface area (Å²) in [5, 5.41) is 9.13. The zero-order valence-electron chi connectivity index (χ0n) is 12.1. The van der Waals surface area contributed by atoms with Crippen LogP contribution in [0.2, 0.25) is 0 Å². The number of likely N-dealkylation sites (N-methyl/N-ethyl adjacent to an activating group) is 1. The van der Waals surface area contributed by atoms with E-state index in [4.69, 9.17) is 9.84 Å². The second kappa shape index (κ2) is 7.26. The average Bonchev–Trinajstić information content (AvgIpc) is 2.43. The summed E-state index contributed by atoms with van der Waals surface area (Å²) in [5.41, 5.74) is 1.27. The van der Waals surface area contributed by atoms with Gasteiger partial charge in [0.05, 0.1) is 11.7 Å². The van der Waals surface area contributed by atoms with Crippen LogP contribution in [0.1, 0.15) is 29.8 Å². The van der Waals surface area contributed by atoms with E-state index in [1.807, 2.05) is 26.1 Å². The van der Waals surface area contributed by atoms with E-state index < -0.39 is 5.97 Å². The van der Waals surface area contributed by atoms with Crippen molar-refractivity contribution in [1.82, 2.24) is 4.90 Å². The van der Waals surface area contributed by atoms with Crippen LogP contribution < -0.4 is 0 Å². The monoisotopic (exact) mass is 265 g/mol. The van der Waals surface area contributed by atoms with Crippen molar-refractivity contribution in [3.63, 3.8) is 0 Å². The highest BCUT2D eigenvalue weighted by molar-refractivity contribution is 5.89. The van der Waals surface area contributed by atoms with Crippen LogP contribution in [0.25, 0.3) is 0 Å². The molecule has 2 unspecified atom stereocenters. The second-order valence-corrected chi connectivity index (χ2v) is 4.87. The number of aromatic carboxylic acids is 1. The molecule has 0 saturated heterocycles. The van der Waals surface area contributed by atoms with E-state index in [0.29, 0.717) is 11.6 Å². The van der Waals surface area contributed by atoms with Crippen molar-refractivity contribution in [2.75, 3.05) is 20.7 Å². The summed E-state index contributed by atoms with van der Waals surface area (Å²) >= 11 is 0. The summed E-state index contributed by atoms with van der Waals surface area (Å²) in [7, 11) is 3.73. The largest absolute Gasteiger partial charge is 0.478 e. The number of ether oxygens (including phenoxy) is 1. The first kappa shape index (κ1) is 15.7. The third-order valence-electron chi connectivity index (χ3n) is 3.73. The molecule has 0 bridgehead atoms. The number of carboxylic acids is 1. The minimum atomic E-state index is -0.864. The first-order valence-corrected chi connectivity index (χ1v) is 6.51. The molecule has 4 nitrogen and oxygen atoms in total. The molecule has 0 saturated carbocycles. The van der Waals surface area contributed by atoms with E-state index in [0.717, 1.165) is 18.5 Å². The number of benzene rings is 1. The summed E-state index contributed by atoms with van der Waals surface area (Å²) in [6, 6.07) is 7.46. The van der Waals surface area contributed by atoms with Crippen molar-refractivity contribution in [3.8, 4) is 0 Å². The Kier molecular flexibility index (Phi) is 5.99. The van der Waals surface area contributed by atoms with Crippen LogP contribution >= 0.6 is 0 Å². The summed E-state index contributed by atoms with van der Waals surface area (Å²) in [4.78, 5) is 13.3. The smallest absolute Gasteiger partial charge is 0.335 e. The van der Waals surface area contributed by atoms with Gasteiger partial charge in [0.25, 0.3) is 0 Å². The maximum absolute atomic E-state index is 11.1. The zero-order chi connectivity index (χ0) is 14.4. The number of rotatable bonds is 7. The maximum atomic E-state index is 11.1. The quantitative estimate of drug-likeness (QED) is 0.821. The molecule has 0 heterocycles. The van der Waals surface area contributed by atoms with Gasteiger partial charge < -0.3 is 14.7 Å². The lowest BCUT2D eigenvalue weighted by molar-refractivity contribution is 0.0443. The van der Waals surface area contributed by atoms with Crippen molar-refractivity contribution in [2.45, 2.75) is 32.4 Å². The SMILES string of the molecule is COC(C)C(C)N(C)CCc1ccccc1C(=O)O. The molecular formula is C15H23NO3.